The van der Waals surface area contributed by atoms with E-state index in [0.717, 1.165) is 207 Å². The Balaban J connectivity index is 0.580. The van der Waals surface area contributed by atoms with Crippen molar-refractivity contribution in [2.45, 2.75) is 121 Å². The Morgan fingerprint density at radius 2 is 1.23 bits per heavy atom. The van der Waals surface area contributed by atoms with Gasteiger partial charge in [0.2, 0.25) is 17.7 Å². The van der Waals surface area contributed by atoms with Crippen molar-refractivity contribution >= 4 is 145 Å². The molecule has 0 aliphatic carbocycles. The van der Waals surface area contributed by atoms with E-state index in [-0.39, 0.29) is 73.1 Å². The molecule has 0 spiro atoms. The number of benzene rings is 6. The predicted molar refractivity (Wildman–Crippen MR) is 451 cm³/mol. The molecule has 6 fully saturated rings. The van der Waals surface area contributed by atoms with Gasteiger partial charge in [0.05, 0.1) is 50.6 Å². The Bertz CT molecular complexity index is 5720. The van der Waals surface area contributed by atoms with Gasteiger partial charge in [-0.3, -0.25) is 59.6 Å². The van der Waals surface area contributed by atoms with Crippen LogP contribution >= 0.6 is 22.7 Å². The first-order valence-electron chi connectivity index (χ1n) is 40.8. The van der Waals surface area contributed by atoms with Gasteiger partial charge >= 0.3 is 6.03 Å². The number of imide groups is 2. The first-order chi connectivity index (χ1) is 55.6. The molecule has 7 N–H and O–H groups in total. The maximum atomic E-state index is 14.2. The number of carbonyl (C=O) groups excluding carboxylic acids is 6. The number of nitrogens with one attached hydrogen (secondary N) is 6. The number of pyridine rings is 3. The number of aliphatic hydroxyl groups is 1. The number of amides is 7. The van der Waals surface area contributed by atoms with E-state index < -0.39 is 24.2 Å². The van der Waals surface area contributed by atoms with Crippen molar-refractivity contribution in [1.29, 1.82) is 0 Å². The van der Waals surface area contributed by atoms with Crippen LogP contribution in [0.25, 0.3) is 75.3 Å². The summed E-state index contributed by atoms with van der Waals surface area (Å²) in [6.45, 7) is 15.0. The molecule has 6 saturated heterocycles. The number of thiophene rings is 2. The number of hydrogen-bond acceptors (Lipinski definition) is 20. The lowest BCUT2D eigenvalue weighted by molar-refractivity contribution is -0.137. The van der Waals surface area contributed by atoms with Gasteiger partial charge in [0.25, 0.3) is 11.8 Å². The maximum Gasteiger partial charge on any atom is 0.328 e. The Morgan fingerprint density at radius 3 is 1.98 bits per heavy atom. The number of piperazine rings is 1. The molecule has 9 aliphatic rings. The quantitative estimate of drug-likeness (QED) is 0.0530. The van der Waals surface area contributed by atoms with Crippen molar-refractivity contribution in [3.8, 4) is 22.5 Å². The highest BCUT2D eigenvalue weighted by Crippen LogP contribution is 2.47. The Kier molecular flexibility index (Phi) is 18.8. The molecule has 0 radical (unpaired) electrons. The Labute approximate surface area is 668 Å². The number of carbonyl (C=O) groups is 6. The number of nitrogens with zero attached hydrogens (tertiary/aromatic N) is 10. The second-order valence-electron chi connectivity index (χ2n) is 33.0. The number of fused-ring (bicyclic) bond motifs is 12. The minimum Gasteiger partial charge on any atom is -0.382 e. The van der Waals surface area contributed by atoms with Gasteiger partial charge in [-0.1, -0.05) is 42.5 Å². The minimum atomic E-state index is -0.729. The van der Waals surface area contributed by atoms with E-state index in [9.17, 15) is 33.9 Å². The zero-order chi connectivity index (χ0) is 77.1. The van der Waals surface area contributed by atoms with Crippen molar-refractivity contribution in [1.82, 2.24) is 50.9 Å². The van der Waals surface area contributed by atoms with Crippen LogP contribution in [0, 0.1) is 11.8 Å². The van der Waals surface area contributed by atoms with Crippen molar-refractivity contribution in [2.75, 3.05) is 115 Å². The van der Waals surface area contributed by atoms with Crippen LogP contribution in [0.1, 0.15) is 120 Å². The maximum absolute atomic E-state index is 14.2. The fourth-order valence-electron chi connectivity index (χ4n) is 20.0. The van der Waals surface area contributed by atoms with Gasteiger partial charge in [0.15, 0.2) is 0 Å². The summed E-state index contributed by atoms with van der Waals surface area (Å²) >= 11 is 3.15. The number of aromatic nitrogens is 3. The van der Waals surface area contributed by atoms with Gasteiger partial charge < -0.3 is 40.7 Å². The molecule has 114 heavy (non-hydrogen) atoms. The van der Waals surface area contributed by atoms with Crippen molar-refractivity contribution in [2.24, 2.45) is 11.8 Å². The lowest BCUT2D eigenvalue weighted by Gasteiger charge is -2.53. The third kappa shape index (κ3) is 13.4. The van der Waals surface area contributed by atoms with Crippen LogP contribution in [0.5, 0.6) is 0 Å². The first kappa shape index (κ1) is 72.3. The summed E-state index contributed by atoms with van der Waals surface area (Å²) in [5, 5.41) is 35.9. The van der Waals surface area contributed by atoms with Gasteiger partial charge in [-0.2, -0.15) is 0 Å². The average molecular weight is 1560 g/mol. The number of likely N-dealkylation sites (tertiary alicyclic amines) is 1. The second-order valence-corrected chi connectivity index (χ2v) is 35.1. The molecule has 582 valence electrons. The smallest absolute Gasteiger partial charge is 0.328 e. The topological polar surface area (TPSA) is 256 Å². The van der Waals surface area contributed by atoms with Crippen LogP contribution < -0.4 is 51.5 Å². The van der Waals surface area contributed by atoms with E-state index in [1.54, 1.807) is 27.3 Å². The fraction of sp³-hybridized carbons (Fsp3) is 0.382. The summed E-state index contributed by atoms with van der Waals surface area (Å²) < 4.78 is 2.18. The van der Waals surface area contributed by atoms with Gasteiger partial charge in [-0.05, 0) is 185 Å². The molecule has 0 bridgehead atoms. The fourth-order valence-corrected chi connectivity index (χ4v) is 22.2. The van der Waals surface area contributed by atoms with E-state index in [0.29, 0.717) is 54.0 Å². The molecule has 7 amide bonds. The highest BCUT2D eigenvalue weighted by Gasteiger charge is 2.45. The lowest BCUT2D eigenvalue weighted by Crippen LogP contribution is -2.64. The first-order valence-corrected chi connectivity index (χ1v) is 42.4. The number of hydrogen-bond donors (Lipinski definition) is 7. The van der Waals surface area contributed by atoms with Crippen LogP contribution in [0.15, 0.2) is 146 Å². The highest BCUT2D eigenvalue weighted by molar-refractivity contribution is 7.22. The summed E-state index contributed by atoms with van der Waals surface area (Å²) in [6, 6.07) is 46.8. The second kappa shape index (κ2) is 29.6. The van der Waals surface area contributed by atoms with Gasteiger partial charge in [-0.25, -0.2) is 14.8 Å². The molecule has 0 saturated carbocycles. The molecular weight excluding hydrogens is 1470 g/mol. The monoisotopic (exact) mass is 1560 g/mol. The number of urea groups is 1. The Morgan fingerprint density at radius 1 is 0.553 bits per heavy atom. The minimum absolute atomic E-state index is 0.0195. The SMILES string of the molecule is C[C@@H]1CNc2c(sc3ccc4nc(-c5cccc(N6CCC(CN7CCC(c8cccc9c(N%10CCC(=O)NC%10=O)cncc89)CC7C7CN(c8ccc9c(c8)CN(C8CCC(=O)NC8=O)C9=O)CCN7CC7CCN(c8ccc(-c9ccc%10c(ccc%11sc%12c(c%11%10)NC[C@@H](C)NC%12O)n9)cc8)CC7)CC6)c5)ccc4c23)C(=O)N1. The lowest BCUT2D eigenvalue weighted by atomic mass is 9.79. The van der Waals surface area contributed by atoms with Crippen LogP contribution in [-0.2, 0) is 20.9 Å². The van der Waals surface area contributed by atoms with E-state index in [4.69, 9.17) is 15.0 Å². The number of piperidine rings is 4. The van der Waals surface area contributed by atoms with Crippen LogP contribution in [-0.4, -0.2) is 186 Å². The molecule has 20 rings (SSSR count). The summed E-state index contributed by atoms with van der Waals surface area (Å²) in [6.07, 6.45) is 9.74. The largest absolute Gasteiger partial charge is 0.382 e. The molecule has 6 aromatic carbocycles. The van der Waals surface area contributed by atoms with E-state index in [1.165, 1.54) is 28.3 Å². The molecule has 5 unspecified atom stereocenters. The molecule has 5 aromatic heterocycles. The van der Waals surface area contributed by atoms with E-state index in [2.05, 4.69) is 191 Å². The molecule has 25 heteroatoms. The van der Waals surface area contributed by atoms with Crippen LogP contribution in [0.4, 0.5) is 38.9 Å². The molecular formula is C89H92N16O7S2. The highest BCUT2D eigenvalue weighted by atomic mass is 32.1. The molecule has 23 nitrogen and oxygen atoms in total. The Hall–Kier alpha value is -10.7. The molecule has 14 heterocycles. The van der Waals surface area contributed by atoms with E-state index >= 15 is 0 Å². The van der Waals surface area contributed by atoms with Gasteiger partial charge in [0, 0.05) is 204 Å². The third-order valence-electron chi connectivity index (χ3n) is 26.0. The normalized spacial score (nSPS) is 23.7. The number of anilines is 6. The van der Waals surface area contributed by atoms with Crippen molar-refractivity contribution in [3.05, 3.63) is 172 Å². The zero-order valence-corrected chi connectivity index (χ0v) is 65.6. The standard InChI is InChI=1S/C89H92N16O7S2/c1-50-42-91-81-79-64-15-17-67(95-69(64)19-22-75(79)113-83(81)86(109)93-50)54-9-11-58(12-10-54)99-31-25-53(26-32-99)47-103-38-37-101(60-13-14-62-57(40-60)48-105(88(62)111)71-21-24-77(106)97-85(71)108)49-74(103)72-41-55(61-7-4-8-63-66(61)44-90-45-73(63)104-36-30-78(107)98-89(104)112)29-35-102(72)46-52-27-33-100(34-28-52)59-6-3-5-56(39-59)68-18-16-65-70(96-68)20-23-76-80(65)82-84(114-76)87(110)94-51(2)43-92-82/h3-20,22-23,39-40,44-45,50-53,55,71-72,74,86,91-93,109H,21,24-38,41-43,46-49H2,1-2H3,(H,94,110)(H,97,106,108)(H,98,107,112)/t50-,51-,55?,71?,72?,74?,86?/m1/s1. The van der Waals surface area contributed by atoms with Crippen LogP contribution in [0.2, 0.25) is 0 Å². The molecule has 11 aromatic rings. The summed E-state index contributed by atoms with van der Waals surface area (Å²) in [5.41, 5.74) is 14.6. The van der Waals surface area contributed by atoms with Gasteiger partial charge in [-0.15, -0.1) is 22.7 Å². The molecule has 7 atom stereocenters. The van der Waals surface area contributed by atoms with Crippen molar-refractivity contribution in [3.63, 3.8) is 0 Å². The zero-order valence-electron chi connectivity index (χ0n) is 64.0. The average Bonchev–Trinajstić information content (AvgIpc) is 1.60. The summed E-state index contributed by atoms with van der Waals surface area (Å²) in [5.74, 6) is -0.136. The van der Waals surface area contributed by atoms with Gasteiger partial charge in [0.1, 0.15) is 17.1 Å². The molecule has 9 aliphatic heterocycles. The predicted octanol–water partition coefficient (Wildman–Crippen LogP) is 12.8. The third-order valence-corrected chi connectivity index (χ3v) is 28.3. The summed E-state index contributed by atoms with van der Waals surface area (Å²) in [4.78, 5) is 113. The van der Waals surface area contributed by atoms with E-state index in [1.807, 2.05) is 19.2 Å². The van der Waals surface area contributed by atoms with Crippen LogP contribution in [0.3, 0.4) is 0 Å². The number of rotatable bonds is 13. The van der Waals surface area contributed by atoms with Crippen molar-refractivity contribution < 1.29 is 33.9 Å². The number of aliphatic hydroxyl groups excluding tert-OH is 1. The summed E-state index contributed by atoms with van der Waals surface area (Å²) in [7, 11) is 0.